The van der Waals surface area contributed by atoms with Crippen LogP contribution in [0.25, 0.3) is 0 Å². The van der Waals surface area contributed by atoms with Gasteiger partial charge in [-0.15, -0.1) is 0 Å². The molecule has 0 unspecified atom stereocenters. The second-order valence-electron chi connectivity index (χ2n) is 3.91. The van der Waals surface area contributed by atoms with E-state index in [4.69, 9.17) is 10.2 Å². The van der Waals surface area contributed by atoms with Gasteiger partial charge in [0.25, 0.3) is 0 Å². The zero-order valence-electron chi connectivity index (χ0n) is 14.2. The highest BCUT2D eigenvalue weighted by molar-refractivity contribution is 5.81. The second-order valence-corrected chi connectivity index (χ2v) is 3.91. The molecule has 0 saturated carbocycles. The Morgan fingerprint density at radius 1 is 0.792 bits per heavy atom. The van der Waals surface area contributed by atoms with Crippen LogP contribution in [0.4, 0.5) is 0 Å². The molecule has 0 aromatic heterocycles. The number of esters is 2. The van der Waals surface area contributed by atoms with E-state index >= 15 is 0 Å². The van der Waals surface area contributed by atoms with Crippen molar-refractivity contribution in [3.8, 4) is 0 Å². The Hall–Kier alpha value is -2.64. The van der Waals surface area contributed by atoms with Crippen LogP contribution in [0.3, 0.4) is 0 Å². The highest BCUT2D eigenvalue weighted by atomic mass is 16.5. The number of carboxylic acid groups (broad SMARTS) is 2. The van der Waals surface area contributed by atoms with Crippen LogP contribution in [0.1, 0.15) is 39.5 Å². The molecule has 8 nitrogen and oxygen atoms in total. The molecule has 0 fully saturated rings. The van der Waals surface area contributed by atoms with E-state index < -0.39 is 11.9 Å². The molecule has 2 N–H and O–H groups in total. The summed E-state index contributed by atoms with van der Waals surface area (Å²) in [6.45, 7) is 10.8. The molecule has 0 bridgehead atoms. The maximum atomic E-state index is 10.1. The molecule has 0 amide bonds. The lowest BCUT2D eigenvalue weighted by Gasteiger charge is -1.92. The highest BCUT2D eigenvalue weighted by Crippen LogP contribution is 1.98. The Bertz CT molecular complexity index is 363. The van der Waals surface area contributed by atoms with E-state index in [1.54, 1.807) is 13.8 Å². The zero-order chi connectivity index (χ0) is 19.4. The smallest absolute Gasteiger partial charge is 0.330 e. The lowest BCUT2D eigenvalue weighted by atomic mass is 10.2. The summed E-state index contributed by atoms with van der Waals surface area (Å²) in [6.07, 6.45) is 3.30. The minimum absolute atomic E-state index is 0.0628. The molecule has 0 aromatic carbocycles. The molecule has 138 valence electrons. The summed E-state index contributed by atoms with van der Waals surface area (Å²) in [5.74, 6) is -2.46. The third-order valence-electron chi connectivity index (χ3n) is 1.94. The topological polar surface area (TPSA) is 127 Å². The van der Waals surface area contributed by atoms with Crippen LogP contribution in [0.15, 0.2) is 25.3 Å². The molecule has 8 heteroatoms. The van der Waals surface area contributed by atoms with Crippen LogP contribution in [0.2, 0.25) is 0 Å². The van der Waals surface area contributed by atoms with Crippen molar-refractivity contribution in [2.24, 2.45) is 0 Å². The first-order valence-electron chi connectivity index (χ1n) is 7.26. The normalized spacial score (nSPS) is 8.25. The van der Waals surface area contributed by atoms with Gasteiger partial charge in [0.1, 0.15) is 0 Å². The molecule has 0 radical (unpaired) electrons. The first-order chi connectivity index (χ1) is 11.2. The number of carbonyl (C=O) groups is 4. The van der Waals surface area contributed by atoms with E-state index in [1.807, 2.05) is 0 Å². The fraction of sp³-hybridized carbons (Fsp3) is 0.500. The summed E-state index contributed by atoms with van der Waals surface area (Å²) < 4.78 is 8.87. The Morgan fingerprint density at radius 3 is 1.21 bits per heavy atom. The van der Waals surface area contributed by atoms with Crippen molar-refractivity contribution in [1.29, 1.82) is 0 Å². The molecule has 0 aliphatic carbocycles. The average Bonchev–Trinajstić information content (AvgIpc) is 2.53. The van der Waals surface area contributed by atoms with Gasteiger partial charge in [0.15, 0.2) is 0 Å². The van der Waals surface area contributed by atoms with Crippen molar-refractivity contribution in [1.82, 2.24) is 0 Å². The average molecular weight is 346 g/mol. The summed E-state index contributed by atoms with van der Waals surface area (Å²) >= 11 is 0. The van der Waals surface area contributed by atoms with Gasteiger partial charge in [0, 0.05) is 25.0 Å². The monoisotopic (exact) mass is 346 g/mol. The molecule has 0 spiro atoms. The first kappa shape index (κ1) is 26.3. The summed E-state index contributed by atoms with van der Waals surface area (Å²) in [5.41, 5.74) is 0. The maximum absolute atomic E-state index is 10.1. The lowest BCUT2D eigenvalue weighted by molar-refractivity contribution is -0.139. The minimum Gasteiger partial charge on any atom is -0.481 e. The maximum Gasteiger partial charge on any atom is 0.330 e. The molecule has 24 heavy (non-hydrogen) atoms. The molecule has 0 rings (SSSR count). The summed E-state index contributed by atoms with van der Waals surface area (Å²) in [6, 6.07) is 0. The van der Waals surface area contributed by atoms with Gasteiger partial charge in [-0.3, -0.25) is 9.59 Å². The number of unbranched alkanes of at least 4 members (excludes halogenated alkanes) is 1. The van der Waals surface area contributed by atoms with Gasteiger partial charge in [-0.1, -0.05) is 13.2 Å². The molecule has 0 heterocycles. The van der Waals surface area contributed by atoms with Gasteiger partial charge in [-0.25, -0.2) is 9.59 Å². The SMILES string of the molecule is C=CC(=O)OCC.C=CC(=O)OCC.O=C(O)CCCCC(=O)O. The Balaban J connectivity index is -0.000000283. The second kappa shape index (κ2) is 20.4. The molecule has 0 aromatic rings. The van der Waals surface area contributed by atoms with Crippen molar-refractivity contribution in [3.05, 3.63) is 25.3 Å². The number of carbonyl (C=O) groups excluding carboxylic acids is 2. The van der Waals surface area contributed by atoms with Crippen LogP contribution in [-0.4, -0.2) is 47.3 Å². The molecule has 0 atom stereocenters. The number of carboxylic acids is 2. The number of ether oxygens (including phenoxy) is 2. The van der Waals surface area contributed by atoms with E-state index in [9.17, 15) is 19.2 Å². The zero-order valence-corrected chi connectivity index (χ0v) is 14.2. The summed E-state index contributed by atoms with van der Waals surface area (Å²) in [4.78, 5) is 39.9. The Kier molecular flexibility index (Phi) is 22.3. The van der Waals surface area contributed by atoms with E-state index in [2.05, 4.69) is 22.6 Å². The predicted octanol–water partition coefficient (Wildman–Crippen LogP) is 2.19. The minimum atomic E-state index is -0.870. The fourth-order valence-electron chi connectivity index (χ4n) is 0.955. The summed E-state index contributed by atoms with van der Waals surface area (Å²) in [7, 11) is 0. The first-order valence-corrected chi connectivity index (χ1v) is 7.26. The third-order valence-corrected chi connectivity index (χ3v) is 1.94. The quantitative estimate of drug-likeness (QED) is 0.369. The van der Waals surface area contributed by atoms with E-state index in [0.29, 0.717) is 26.1 Å². The number of aliphatic carboxylic acids is 2. The van der Waals surface area contributed by atoms with Crippen molar-refractivity contribution < 1.29 is 38.9 Å². The van der Waals surface area contributed by atoms with E-state index in [-0.39, 0.29) is 24.8 Å². The molecule has 0 aliphatic rings. The number of hydrogen-bond donors (Lipinski definition) is 2. The van der Waals surface area contributed by atoms with Crippen molar-refractivity contribution in [2.75, 3.05) is 13.2 Å². The van der Waals surface area contributed by atoms with Crippen LogP contribution < -0.4 is 0 Å². The molecular formula is C16H26O8. The molecule has 0 aliphatic heterocycles. The summed E-state index contributed by atoms with van der Waals surface area (Å²) in [5, 5.41) is 16.3. The van der Waals surface area contributed by atoms with Gasteiger partial charge >= 0.3 is 23.9 Å². The van der Waals surface area contributed by atoms with Gasteiger partial charge in [0.05, 0.1) is 13.2 Å². The van der Waals surface area contributed by atoms with Gasteiger partial charge in [-0.05, 0) is 26.7 Å². The van der Waals surface area contributed by atoms with Gasteiger partial charge in [0.2, 0.25) is 0 Å². The van der Waals surface area contributed by atoms with Crippen molar-refractivity contribution in [2.45, 2.75) is 39.5 Å². The third kappa shape index (κ3) is 31.6. The molecule has 0 saturated heterocycles. The highest BCUT2D eigenvalue weighted by Gasteiger charge is 1.99. The fourth-order valence-corrected chi connectivity index (χ4v) is 0.955. The van der Waals surface area contributed by atoms with Crippen LogP contribution >= 0.6 is 0 Å². The van der Waals surface area contributed by atoms with Crippen LogP contribution in [0, 0.1) is 0 Å². The van der Waals surface area contributed by atoms with E-state index in [0.717, 1.165) is 12.2 Å². The number of rotatable bonds is 9. The predicted molar refractivity (Wildman–Crippen MR) is 87.4 cm³/mol. The lowest BCUT2D eigenvalue weighted by Crippen LogP contribution is -1.97. The molecular weight excluding hydrogens is 320 g/mol. The van der Waals surface area contributed by atoms with Crippen LogP contribution in [-0.2, 0) is 28.7 Å². The van der Waals surface area contributed by atoms with Crippen LogP contribution in [0.5, 0.6) is 0 Å². The van der Waals surface area contributed by atoms with Gasteiger partial charge < -0.3 is 19.7 Å². The Labute approximate surface area is 141 Å². The van der Waals surface area contributed by atoms with Crippen molar-refractivity contribution >= 4 is 23.9 Å². The standard InChI is InChI=1S/C6H10O4.2C5H8O2/c7-5(8)3-1-2-4-6(9)10;2*1-3-5(6)7-4-2/h1-4H2,(H,7,8)(H,9,10);2*3H,1,4H2,2H3. The van der Waals surface area contributed by atoms with Gasteiger partial charge in [-0.2, -0.15) is 0 Å². The van der Waals surface area contributed by atoms with E-state index in [1.165, 1.54) is 0 Å². The Morgan fingerprint density at radius 2 is 1.08 bits per heavy atom. The number of hydrogen-bond acceptors (Lipinski definition) is 6. The largest absolute Gasteiger partial charge is 0.481 e. The van der Waals surface area contributed by atoms with Crippen molar-refractivity contribution in [3.63, 3.8) is 0 Å².